The van der Waals surface area contributed by atoms with Gasteiger partial charge in [-0.05, 0) is 30.2 Å². The highest BCUT2D eigenvalue weighted by atomic mass is 32.2. The second-order valence-electron chi connectivity index (χ2n) is 6.64. The number of nitrogens with one attached hydrogen (secondary N) is 1. The van der Waals surface area contributed by atoms with Crippen molar-refractivity contribution in [3.8, 4) is 11.5 Å². The predicted molar refractivity (Wildman–Crippen MR) is 116 cm³/mol. The van der Waals surface area contributed by atoms with Crippen molar-refractivity contribution in [1.82, 2.24) is 20.5 Å². The van der Waals surface area contributed by atoms with Crippen LogP contribution in [0, 0.1) is 0 Å². The van der Waals surface area contributed by atoms with Gasteiger partial charge in [0.2, 0.25) is 11.8 Å². The van der Waals surface area contributed by atoms with Gasteiger partial charge in [-0.1, -0.05) is 72.4 Å². The van der Waals surface area contributed by atoms with E-state index in [1.54, 1.807) is 18.5 Å². The summed E-state index contributed by atoms with van der Waals surface area (Å²) in [5.74, 6) is 0.267. The maximum atomic E-state index is 12.9. The van der Waals surface area contributed by atoms with Gasteiger partial charge in [0.15, 0.2) is 0 Å². The maximum absolute atomic E-state index is 12.9. The molecule has 0 saturated heterocycles. The monoisotopic (exact) mass is 416 g/mol. The number of aromatic nitrogens is 3. The molecule has 0 spiro atoms. The Morgan fingerprint density at radius 2 is 1.60 bits per heavy atom. The summed E-state index contributed by atoms with van der Waals surface area (Å²) in [4.78, 5) is 17.0. The molecule has 0 unspecified atom stereocenters. The zero-order valence-electron chi connectivity index (χ0n) is 16.3. The molecule has 0 aliphatic heterocycles. The number of carbonyl (C=O) groups is 1. The molecule has 0 bridgehead atoms. The summed E-state index contributed by atoms with van der Waals surface area (Å²) in [5, 5.41) is 11.2. The lowest BCUT2D eigenvalue weighted by Gasteiger charge is -2.21. The molecule has 0 aliphatic carbocycles. The van der Waals surface area contributed by atoms with Crippen molar-refractivity contribution in [3.05, 3.63) is 96.3 Å². The zero-order chi connectivity index (χ0) is 20.8. The molecule has 4 aromatic rings. The van der Waals surface area contributed by atoms with E-state index >= 15 is 0 Å². The Hall–Kier alpha value is -3.45. The van der Waals surface area contributed by atoms with Crippen LogP contribution in [0.1, 0.15) is 24.1 Å². The second-order valence-corrected chi connectivity index (χ2v) is 7.93. The molecule has 1 N–H and O–H groups in total. The minimum atomic E-state index is -0.415. The van der Waals surface area contributed by atoms with Crippen LogP contribution in [0.25, 0.3) is 11.5 Å². The standard InChI is InChI=1S/C23H20N4O2S/c1-16(30-23-27-26-22(29-23)19-13-8-14-24-15-19)21(28)25-20(17-9-4-2-5-10-17)18-11-6-3-7-12-18/h2-16,20H,1H3,(H,25,28)/t16-/m0/s1. The molecule has 0 radical (unpaired) electrons. The number of nitrogens with zero attached hydrogens (tertiary/aromatic N) is 3. The molecular formula is C23H20N4O2S. The van der Waals surface area contributed by atoms with E-state index in [4.69, 9.17) is 4.42 Å². The van der Waals surface area contributed by atoms with Crippen LogP contribution in [0.4, 0.5) is 0 Å². The quantitative estimate of drug-likeness (QED) is 0.446. The third-order valence-corrected chi connectivity index (χ3v) is 5.45. The fourth-order valence-electron chi connectivity index (χ4n) is 2.98. The van der Waals surface area contributed by atoms with Crippen molar-refractivity contribution in [1.29, 1.82) is 0 Å². The summed E-state index contributed by atoms with van der Waals surface area (Å²) in [6, 6.07) is 23.2. The number of rotatable bonds is 7. The second kappa shape index (κ2) is 9.37. The minimum absolute atomic E-state index is 0.112. The highest BCUT2D eigenvalue weighted by Gasteiger charge is 2.23. The van der Waals surface area contributed by atoms with Crippen LogP contribution in [0.3, 0.4) is 0 Å². The van der Waals surface area contributed by atoms with Gasteiger partial charge in [0, 0.05) is 12.4 Å². The van der Waals surface area contributed by atoms with E-state index < -0.39 is 5.25 Å². The van der Waals surface area contributed by atoms with Gasteiger partial charge < -0.3 is 9.73 Å². The van der Waals surface area contributed by atoms with Gasteiger partial charge in [0.25, 0.3) is 5.22 Å². The Labute approximate surface area is 178 Å². The number of benzene rings is 2. The highest BCUT2D eigenvalue weighted by Crippen LogP contribution is 2.27. The van der Waals surface area contributed by atoms with Crippen molar-refractivity contribution in [2.75, 3.05) is 0 Å². The van der Waals surface area contributed by atoms with E-state index in [0.29, 0.717) is 11.1 Å². The van der Waals surface area contributed by atoms with Crippen LogP contribution < -0.4 is 5.32 Å². The molecule has 1 atom stereocenters. The van der Waals surface area contributed by atoms with Crippen molar-refractivity contribution in [2.24, 2.45) is 0 Å². The van der Waals surface area contributed by atoms with E-state index in [1.165, 1.54) is 11.8 Å². The fourth-order valence-corrected chi connectivity index (χ4v) is 3.67. The molecule has 1 amide bonds. The molecule has 0 saturated carbocycles. The van der Waals surface area contributed by atoms with E-state index in [0.717, 1.165) is 16.7 Å². The van der Waals surface area contributed by atoms with Crippen LogP contribution in [-0.2, 0) is 4.79 Å². The van der Waals surface area contributed by atoms with E-state index in [2.05, 4.69) is 20.5 Å². The summed E-state index contributed by atoms with van der Waals surface area (Å²) in [7, 11) is 0. The Morgan fingerprint density at radius 3 is 2.20 bits per heavy atom. The number of hydrogen-bond donors (Lipinski definition) is 1. The summed E-state index contributed by atoms with van der Waals surface area (Å²) < 4.78 is 5.69. The van der Waals surface area contributed by atoms with Crippen molar-refractivity contribution in [2.45, 2.75) is 23.4 Å². The fraction of sp³-hybridized carbons (Fsp3) is 0.130. The molecule has 7 heteroatoms. The van der Waals surface area contributed by atoms with E-state index in [1.807, 2.05) is 73.7 Å². The van der Waals surface area contributed by atoms with Crippen LogP contribution in [0.15, 0.2) is 94.8 Å². The molecule has 2 heterocycles. The summed E-state index contributed by atoms with van der Waals surface area (Å²) in [6.07, 6.45) is 3.33. The normalized spacial score (nSPS) is 11.9. The van der Waals surface area contributed by atoms with Gasteiger partial charge in [-0.15, -0.1) is 10.2 Å². The average molecular weight is 417 g/mol. The molecule has 150 valence electrons. The lowest BCUT2D eigenvalue weighted by molar-refractivity contribution is -0.120. The SMILES string of the molecule is C[C@H](Sc1nnc(-c2cccnc2)o1)C(=O)NC(c1ccccc1)c1ccccc1. The topological polar surface area (TPSA) is 80.9 Å². The molecule has 2 aromatic carbocycles. The Morgan fingerprint density at radius 1 is 0.933 bits per heavy atom. The Bertz CT molecular complexity index is 1050. The molecule has 30 heavy (non-hydrogen) atoms. The molecule has 0 aliphatic rings. The molecule has 4 rings (SSSR count). The molecule has 2 aromatic heterocycles. The Balaban J connectivity index is 1.47. The summed E-state index contributed by atoms with van der Waals surface area (Å²) in [6.45, 7) is 1.82. The average Bonchev–Trinajstić information content (AvgIpc) is 3.27. The predicted octanol–water partition coefficient (Wildman–Crippen LogP) is 4.52. The smallest absolute Gasteiger partial charge is 0.277 e. The van der Waals surface area contributed by atoms with Crippen molar-refractivity contribution < 1.29 is 9.21 Å². The van der Waals surface area contributed by atoms with Crippen LogP contribution in [-0.4, -0.2) is 26.3 Å². The van der Waals surface area contributed by atoms with Gasteiger partial charge in [0.1, 0.15) is 0 Å². The first-order valence-corrected chi connectivity index (χ1v) is 10.4. The third-order valence-electron chi connectivity index (χ3n) is 4.51. The van der Waals surface area contributed by atoms with Gasteiger partial charge in [-0.25, -0.2) is 0 Å². The first kappa shape index (κ1) is 19.8. The first-order valence-electron chi connectivity index (χ1n) is 9.51. The van der Waals surface area contributed by atoms with Gasteiger partial charge >= 0.3 is 0 Å². The zero-order valence-corrected chi connectivity index (χ0v) is 17.1. The summed E-state index contributed by atoms with van der Waals surface area (Å²) in [5.41, 5.74) is 2.78. The number of pyridine rings is 1. The lowest BCUT2D eigenvalue weighted by atomic mass is 9.98. The summed E-state index contributed by atoms with van der Waals surface area (Å²) >= 11 is 1.23. The van der Waals surface area contributed by atoms with Gasteiger partial charge in [-0.3, -0.25) is 9.78 Å². The highest BCUT2D eigenvalue weighted by molar-refractivity contribution is 8.00. The molecule has 6 nitrogen and oxygen atoms in total. The number of thioether (sulfide) groups is 1. The molecular weight excluding hydrogens is 396 g/mol. The van der Waals surface area contributed by atoms with Crippen molar-refractivity contribution >= 4 is 17.7 Å². The number of carbonyl (C=O) groups excluding carboxylic acids is 1. The lowest BCUT2D eigenvalue weighted by Crippen LogP contribution is -2.34. The Kier molecular flexibility index (Phi) is 6.20. The van der Waals surface area contributed by atoms with Crippen LogP contribution in [0.5, 0.6) is 0 Å². The van der Waals surface area contributed by atoms with Crippen LogP contribution in [0.2, 0.25) is 0 Å². The van der Waals surface area contributed by atoms with Gasteiger partial charge in [0.05, 0.1) is 16.9 Å². The molecule has 0 fully saturated rings. The van der Waals surface area contributed by atoms with Crippen LogP contribution >= 0.6 is 11.8 Å². The van der Waals surface area contributed by atoms with E-state index in [-0.39, 0.29) is 11.9 Å². The van der Waals surface area contributed by atoms with Gasteiger partial charge in [-0.2, -0.15) is 0 Å². The first-order chi connectivity index (χ1) is 14.7. The number of hydrogen-bond acceptors (Lipinski definition) is 6. The minimum Gasteiger partial charge on any atom is -0.411 e. The van der Waals surface area contributed by atoms with E-state index in [9.17, 15) is 4.79 Å². The van der Waals surface area contributed by atoms with Crippen molar-refractivity contribution in [3.63, 3.8) is 0 Å². The largest absolute Gasteiger partial charge is 0.411 e. The maximum Gasteiger partial charge on any atom is 0.277 e. The third kappa shape index (κ3) is 4.75. The number of amides is 1.